The molecule has 0 aliphatic carbocycles. The predicted octanol–water partition coefficient (Wildman–Crippen LogP) is 3.18. The number of rotatable bonds is 6. The van der Waals surface area contributed by atoms with Gasteiger partial charge in [-0.1, -0.05) is 6.07 Å². The zero-order chi connectivity index (χ0) is 20.2. The van der Waals surface area contributed by atoms with Crippen LogP contribution in [0.1, 0.15) is 29.8 Å². The van der Waals surface area contributed by atoms with Gasteiger partial charge in [0.05, 0.1) is 16.8 Å². The van der Waals surface area contributed by atoms with Crippen LogP contribution in [0, 0.1) is 5.82 Å². The Morgan fingerprint density at radius 1 is 1.30 bits per heavy atom. The van der Waals surface area contributed by atoms with Crippen LogP contribution in [0.15, 0.2) is 30.6 Å². The van der Waals surface area contributed by atoms with Gasteiger partial charge in [0.15, 0.2) is 0 Å². The number of hydrogen-bond donors (Lipinski definition) is 2. The monoisotopic (exact) mass is 385 g/mol. The quantitative estimate of drug-likeness (QED) is 0.589. The molecule has 0 saturated carbocycles. The average molecular weight is 385 g/mol. The second kappa shape index (κ2) is 8.19. The van der Waals surface area contributed by atoms with Gasteiger partial charge in [-0.3, -0.25) is 4.79 Å². The maximum absolute atomic E-state index is 13.6. The Labute approximate surface area is 153 Å². The SMILES string of the molecule is CCN(C(=O)c1cccc(F)c1N)C(C)CNc1ncc(C(F)(F)F)cn1. The minimum Gasteiger partial charge on any atom is -0.396 e. The number of nitrogen functional groups attached to an aromatic ring is 1. The van der Waals surface area contributed by atoms with Gasteiger partial charge in [-0.25, -0.2) is 14.4 Å². The number of carbonyl (C=O) groups excluding carboxylic acids is 1. The highest BCUT2D eigenvalue weighted by Crippen LogP contribution is 2.28. The van der Waals surface area contributed by atoms with Crippen molar-refractivity contribution in [2.24, 2.45) is 0 Å². The van der Waals surface area contributed by atoms with Crippen molar-refractivity contribution >= 4 is 17.5 Å². The van der Waals surface area contributed by atoms with Crippen molar-refractivity contribution in [3.05, 3.63) is 47.5 Å². The Kier molecular flexibility index (Phi) is 6.19. The molecular formula is C17H19F4N5O. The van der Waals surface area contributed by atoms with Crippen LogP contribution in [0.4, 0.5) is 29.2 Å². The molecule has 2 aromatic rings. The van der Waals surface area contributed by atoms with E-state index in [2.05, 4.69) is 15.3 Å². The Morgan fingerprint density at radius 2 is 1.93 bits per heavy atom. The first-order valence-electron chi connectivity index (χ1n) is 8.13. The van der Waals surface area contributed by atoms with Gasteiger partial charge in [-0.05, 0) is 26.0 Å². The number of nitrogens with zero attached hydrogens (tertiary/aromatic N) is 3. The van der Waals surface area contributed by atoms with Crippen molar-refractivity contribution < 1.29 is 22.4 Å². The van der Waals surface area contributed by atoms with Gasteiger partial charge in [0, 0.05) is 31.5 Å². The molecule has 0 spiro atoms. The van der Waals surface area contributed by atoms with E-state index in [4.69, 9.17) is 5.73 Å². The van der Waals surface area contributed by atoms with E-state index in [1.54, 1.807) is 13.8 Å². The standard InChI is InChI=1S/C17H19F4N5O/c1-3-26(15(27)12-5-4-6-13(18)14(12)22)10(2)7-23-16-24-8-11(9-25-16)17(19,20)21/h4-6,8-10H,3,7,22H2,1-2H3,(H,23,24,25). The minimum absolute atomic E-state index is 0.00335. The third kappa shape index (κ3) is 4.83. The van der Waals surface area contributed by atoms with Crippen molar-refractivity contribution in [3.63, 3.8) is 0 Å². The van der Waals surface area contributed by atoms with Crippen molar-refractivity contribution in [3.8, 4) is 0 Å². The van der Waals surface area contributed by atoms with Crippen LogP contribution in [0.5, 0.6) is 0 Å². The number of benzene rings is 1. The third-order valence-corrected chi connectivity index (χ3v) is 3.95. The summed E-state index contributed by atoms with van der Waals surface area (Å²) in [6.45, 7) is 3.98. The molecule has 1 aromatic carbocycles. The third-order valence-electron chi connectivity index (χ3n) is 3.95. The highest BCUT2D eigenvalue weighted by molar-refractivity contribution is 5.99. The zero-order valence-electron chi connectivity index (χ0n) is 14.7. The smallest absolute Gasteiger partial charge is 0.396 e. The summed E-state index contributed by atoms with van der Waals surface area (Å²) in [6.07, 6.45) is -3.16. The maximum Gasteiger partial charge on any atom is 0.419 e. The summed E-state index contributed by atoms with van der Waals surface area (Å²) in [5.41, 5.74) is 4.51. The number of likely N-dealkylation sites (N-methyl/N-ethyl adjacent to an activating group) is 1. The summed E-state index contributed by atoms with van der Waals surface area (Å²) in [5, 5.41) is 2.78. The molecule has 1 amide bonds. The molecule has 1 unspecified atom stereocenters. The van der Waals surface area contributed by atoms with Gasteiger partial charge < -0.3 is 16.0 Å². The van der Waals surface area contributed by atoms with Crippen molar-refractivity contribution in [2.75, 3.05) is 24.1 Å². The number of nitrogens with two attached hydrogens (primary N) is 1. The normalized spacial score (nSPS) is 12.5. The Balaban J connectivity index is 2.05. The van der Waals surface area contributed by atoms with Gasteiger partial charge in [-0.15, -0.1) is 0 Å². The lowest BCUT2D eigenvalue weighted by atomic mass is 10.1. The number of hydrogen-bond acceptors (Lipinski definition) is 5. The fourth-order valence-corrected chi connectivity index (χ4v) is 2.45. The highest BCUT2D eigenvalue weighted by Gasteiger charge is 2.31. The van der Waals surface area contributed by atoms with Gasteiger partial charge in [0.2, 0.25) is 5.95 Å². The summed E-state index contributed by atoms with van der Waals surface area (Å²) < 4.78 is 51.1. The molecule has 0 saturated heterocycles. The molecule has 1 atom stereocenters. The van der Waals surface area contributed by atoms with Crippen LogP contribution in [-0.2, 0) is 6.18 Å². The topological polar surface area (TPSA) is 84.1 Å². The van der Waals surface area contributed by atoms with Gasteiger partial charge >= 0.3 is 6.18 Å². The van der Waals surface area contributed by atoms with Crippen molar-refractivity contribution in [1.29, 1.82) is 0 Å². The van der Waals surface area contributed by atoms with Gasteiger partial charge in [0.1, 0.15) is 5.82 Å². The summed E-state index contributed by atoms with van der Waals surface area (Å²) in [6, 6.07) is 3.61. The van der Waals surface area contributed by atoms with Crippen LogP contribution in [0.3, 0.4) is 0 Å². The molecule has 0 bridgehead atoms. The first kappa shape index (κ1) is 20.4. The molecule has 10 heteroatoms. The molecule has 2 rings (SSSR count). The second-order valence-electron chi connectivity index (χ2n) is 5.82. The largest absolute Gasteiger partial charge is 0.419 e. The van der Waals surface area contributed by atoms with Crippen LogP contribution in [0.2, 0.25) is 0 Å². The molecule has 0 aliphatic rings. The molecule has 6 nitrogen and oxygen atoms in total. The molecule has 146 valence electrons. The first-order valence-corrected chi connectivity index (χ1v) is 8.13. The molecule has 3 N–H and O–H groups in total. The molecule has 1 heterocycles. The molecule has 0 fully saturated rings. The van der Waals surface area contributed by atoms with Crippen LogP contribution in [0.25, 0.3) is 0 Å². The van der Waals surface area contributed by atoms with E-state index in [1.807, 2.05) is 0 Å². The lowest BCUT2D eigenvalue weighted by Crippen LogP contribution is -2.42. The Hall–Kier alpha value is -2.91. The van der Waals surface area contributed by atoms with E-state index in [1.165, 1.54) is 17.0 Å². The van der Waals surface area contributed by atoms with Crippen molar-refractivity contribution in [2.45, 2.75) is 26.1 Å². The van der Waals surface area contributed by atoms with E-state index in [9.17, 15) is 22.4 Å². The Morgan fingerprint density at radius 3 is 2.48 bits per heavy atom. The van der Waals surface area contributed by atoms with Crippen LogP contribution >= 0.6 is 0 Å². The lowest BCUT2D eigenvalue weighted by molar-refractivity contribution is -0.138. The second-order valence-corrected chi connectivity index (χ2v) is 5.82. The maximum atomic E-state index is 13.6. The molecule has 1 aromatic heterocycles. The van der Waals surface area contributed by atoms with E-state index >= 15 is 0 Å². The molecule has 0 radical (unpaired) electrons. The number of para-hydroxylation sites is 1. The zero-order valence-corrected chi connectivity index (χ0v) is 14.7. The number of halogens is 4. The van der Waals surface area contributed by atoms with E-state index in [0.29, 0.717) is 18.9 Å². The van der Waals surface area contributed by atoms with Gasteiger partial charge in [0.25, 0.3) is 5.91 Å². The van der Waals surface area contributed by atoms with Crippen molar-refractivity contribution in [1.82, 2.24) is 14.9 Å². The van der Waals surface area contributed by atoms with Crippen LogP contribution in [-0.4, -0.2) is 39.9 Å². The van der Waals surface area contributed by atoms with E-state index < -0.39 is 23.5 Å². The average Bonchev–Trinajstić information content (AvgIpc) is 2.62. The van der Waals surface area contributed by atoms with Gasteiger partial charge in [-0.2, -0.15) is 13.2 Å². The van der Waals surface area contributed by atoms with Crippen LogP contribution < -0.4 is 11.1 Å². The number of aromatic nitrogens is 2. The summed E-state index contributed by atoms with van der Waals surface area (Å²) in [7, 11) is 0. The fourth-order valence-electron chi connectivity index (χ4n) is 2.45. The number of anilines is 2. The summed E-state index contributed by atoms with van der Waals surface area (Å²) in [5.74, 6) is -1.12. The first-order chi connectivity index (χ1) is 12.6. The number of amides is 1. The summed E-state index contributed by atoms with van der Waals surface area (Å²) in [4.78, 5) is 21.3. The highest BCUT2D eigenvalue weighted by atomic mass is 19.4. The summed E-state index contributed by atoms with van der Waals surface area (Å²) >= 11 is 0. The molecule has 0 aliphatic heterocycles. The fraction of sp³-hybridized carbons (Fsp3) is 0.353. The molecule has 27 heavy (non-hydrogen) atoms. The van der Waals surface area contributed by atoms with E-state index in [0.717, 1.165) is 6.07 Å². The van der Waals surface area contributed by atoms with E-state index in [-0.39, 0.29) is 29.8 Å². The minimum atomic E-state index is -4.51. The predicted molar refractivity (Wildman–Crippen MR) is 92.5 cm³/mol. The lowest BCUT2D eigenvalue weighted by Gasteiger charge is -2.28. The number of carbonyl (C=O) groups is 1. The Bertz CT molecular complexity index is 795. The molecular weight excluding hydrogens is 366 g/mol. The number of alkyl halides is 3. The number of nitrogens with one attached hydrogen (secondary N) is 1.